The second kappa shape index (κ2) is 7.22. The predicted octanol–water partition coefficient (Wildman–Crippen LogP) is 4.84. The number of nitrogens with zero attached hydrogens (tertiary/aromatic N) is 2. The lowest BCUT2D eigenvalue weighted by molar-refractivity contribution is 0.0196. The summed E-state index contributed by atoms with van der Waals surface area (Å²) >= 11 is 6.02. The van der Waals surface area contributed by atoms with Gasteiger partial charge in [0.1, 0.15) is 5.15 Å². The Morgan fingerprint density at radius 2 is 1.96 bits per heavy atom. The number of pyridine rings is 2. The lowest BCUT2D eigenvalue weighted by Gasteiger charge is -2.34. The Hall–Kier alpha value is -1.79. The third kappa shape index (κ3) is 4.44. The van der Waals surface area contributed by atoms with Crippen molar-refractivity contribution in [2.45, 2.75) is 50.7 Å². The molecule has 25 heavy (non-hydrogen) atoms. The van der Waals surface area contributed by atoms with Gasteiger partial charge >= 0.3 is 0 Å². The second-order valence-electron chi connectivity index (χ2n) is 6.75. The van der Waals surface area contributed by atoms with Crippen molar-refractivity contribution in [1.29, 1.82) is 0 Å². The molecule has 3 rings (SSSR count). The van der Waals surface area contributed by atoms with Gasteiger partial charge in [0.2, 0.25) is 0 Å². The van der Waals surface area contributed by atoms with Gasteiger partial charge in [-0.05, 0) is 50.8 Å². The molecule has 0 aromatic carbocycles. The molecule has 0 unspecified atom stereocenters. The van der Waals surface area contributed by atoms with E-state index in [0.717, 1.165) is 31.4 Å². The molecule has 0 radical (unpaired) electrons. The van der Waals surface area contributed by atoms with Gasteiger partial charge in [0, 0.05) is 35.2 Å². The van der Waals surface area contributed by atoms with E-state index in [0.29, 0.717) is 16.4 Å². The molecule has 1 fully saturated rings. The minimum atomic E-state index is -2.54. The molecule has 0 amide bonds. The Labute approximate surface area is 150 Å². The topological polar surface area (TPSA) is 58.0 Å². The SMILES string of the molecule is CC1(O)CCC(Nc2cc(Cl)ncc2-c2ccc(C(F)F)cn2)CC1. The molecule has 2 N–H and O–H groups in total. The van der Waals surface area contributed by atoms with Crippen LogP contribution in [0.15, 0.2) is 30.6 Å². The summed E-state index contributed by atoms with van der Waals surface area (Å²) in [6, 6.07) is 4.84. The van der Waals surface area contributed by atoms with Crippen LogP contribution in [0.4, 0.5) is 14.5 Å². The first-order valence-corrected chi connectivity index (χ1v) is 8.61. The first-order chi connectivity index (χ1) is 11.8. The zero-order valence-corrected chi connectivity index (χ0v) is 14.6. The van der Waals surface area contributed by atoms with E-state index in [2.05, 4.69) is 15.3 Å². The minimum absolute atomic E-state index is 0.116. The molecular weight excluding hydrogens is 348 g/mol. The number of anilines is 1. The Balaban J connectivity index is 1.83. The van der Waals surface area contributed by atoms with Crippen molar-refractivity contribution in [3.63, 3.8) is 0 Å². The molecule has 2 heterocycles. The maximum absolute atomic E-state index is 12.7. The molecule has 134 valence electrons. The Morgan fingerprint density at radius 3 is 2.56 bits per heavy atom. The Kier molecular flexibility index (Phi) is 5.20. The van der Waals surface area contributed by atoms with Crippen molar-refractivity contribution in [3.8, 4) is 11.3 Å². The molecule has 4 nitrogen and oxygen atoms in total. The lowest BCUT2D eigenvalue weighted by Crippen LogP contribution is -2.35. The van der Waals surface area contributed by atoms with Gasteiger partial charge < -0.3 is 10.4 Å². The monoisotopic (exact) mass is 367 g/mol. The van der Waals surface area contributed by atoms with Crippen LogP contribution in [0.3, 0.4) is 0 Å². The number of rotatable bonds is 4. The van der Waals surface area contributed by atoms with Gasteiger partial charge in [-0.2, -0.15) is 0 Å². The fraction of sp³-hybridized carbons (Fsp3) is 0.444. The molecule has 7 heteroatoms. The molecule has 0 aliphatic heterocycles. The molecule has 0 atom stereocenters. The maximum atomic E-state index is 12.7. The lowest BCUT2D eigenvalue weighted by atomic mass is 9.83. The van der Waals surface area contributed by atoms with Crippen LogP contribution in [0.25, 0.3) is 11.3 Å². The fourth-order valence-corrected chi connectivity index (χ4v) is 3.21. The highest BCUT2D eigenvalue weighted by Crippen LogP contribution is 2.33. The summed E-state index contributed by atoms with van der Waals surface area (Å²) in [7, 11) is 0. The second-order valence-corrected chi connectivity index (χ2v) is 7.13. The summed E-state index contributed by atoms with van der Waals surface area (Å²) in [6.07, 6.45) is 3.34. The van der Waals surface area contributed by atoms with Crippen LogP contribution < -0.4 is 5.32 Å². The van der Waals surface area contributed by atoms with Crippen LogP contribution in [0.5, 0.6) is 0 Å². The van der Waals surface area contributed by atoms with Gasteiger partial charge in [-0.15, -0.1) is 0 Å². The van der Waals surface area contributed by atoms with Crippen molar-refractivity contribution in [2.75, 3.05) is 5.32 Å². The van der Waals surface area contributed by atoms with E-state index in [1.54, 1.807) is 18.3 Å². The molecule has 1 saturated carbocycles. The van der Waals surface area contributed by atoms with Crippen molar-refractivity contribution in [3.05, 3.63) is 41.3 Å². The number of hydrogen-bond acceptors (Lipinski definition) is 4. The first kappa shape index (κ1) is 18.0. The molecule has 0 spiro atoms. The van der Waals surface area contributed by atoms with Gasteiger partial charge in [0.15, 0.2) is 0 Å². The summed E-state index contributed by atoms with van der Waals surface area (Å²) in [6.45, 7) is 1.85. The van der Waals surface area contributed by atoms with Crippen molar-refractivity contribution >= 4 is 17.3 Å². The number of aromatic nitrogens is 2. The molecule has 1 aliphatic rings. The molecule has 1 aliphatic carbocycles. The minimum Gasteiger partial charge on any atom is -0.390 e. The van der Waals surface area contributed by atoms with Crippen LogP contribution in [-0.4, -0.2) is 26.7 Å². The van der Waals surface area contributed by atoms with Crippen molar-refractivity contribution in [1.82, 2.24) is 9.97 Å². The average molecular weight is 368 g/mol. The quantitative estimate of drug-likeness (QED) is 0.759. The van der Waals surface area contributed by atoms with Gasteiger partial charge in [-0.1, -0.05) is 11.6 Å². The zero-order chi connectivity index (χ0) is 18.0. The number of alkyl halides is 2. The third-order valence-electron chi connectivity index (χ3n) is 4.61. The Morgan fingerprint density at radius 1 is 1.24 bits per heavy atom. The summed E-state index contributed by atoms with van der Waals surface area (Å²) in [5.41, 5.74) is 1.31. The number of nitrogens with one attached hydrogen (secondary N) is 1. The van der Waals surface area contributed by atoms with Crippen LogP contribution in [0, 0.1) is 0 Å². The Bertz CT molecular complexity index is 728. The van der Waals surface area contributed by atoms with E-state index >= 15 is 0 Å². The fourth-order valence-electron chi connectivity index (χ4n) is 3.05. The third-order valence-corrected chi connectivity index (χ3v) is 4.81. The number of aliphatic hydroxyl groups is 1. The molecular formula is C18H20ClF2N3O. The molecule has 2 aromatic rings. The van der Waals surface area contributed by atoms with Gasteiger partial charge in [-0.3, -0.25) is 4.98 Å². The van der Waals surface area contributed by atoms with E-state index in [9.17, 15) is 13.9 Å². The number of hydrogen-bond donors (Lipinski definition) is 2. The normalized spacial score (nSPS) is 23.7. The maximum Gasteiger partial charge on any atom is 0.265 e. The predicted molar refractivity (Wildman–Crippen MR) is 93.9 cm³/mol. The first-order valence-electron chi connectivity index (χ1n) is 8.23. The van der Waals surface area contributed by atoms with E-state index in [1.807, 2.05) is 6.92 Å². The summed E-state index contributed by atoms with van der Waals surface area (Å²) in [4.78, 5) is 8.22. The van der Waals surface area contributed by atoms with E-state index < -0.39 is 12.0 Å². The van der Waals surface area contributed by atoms with Crippen LogP contribution in [-0.2, 0) is 0 Å². The van der Waals surface area contributed by atoms with Crippen LogP contribution in [0.1, 0.15) is 44.6 Å². The summed E-state index contributed by atoms with van der Waals surface area (Å²) in [5, 5.41) is 13.9. The molecule has 0 saturated heterocycles. The summed E-state index contributed by atoms with van der Waals surface area (Å²) < 4.78 is 25.4. The standard InChI is InChI=1S/C18H20ClF2N3O/c1-18(25)6-4-12(5-7-18)24-15-8-16(19)23-10-13(15)14-3-2-11(9-22-14)17(20)21/h2-3,8-10,12,17,25H,4-7H2,1H3,(H,23,24). The number of halogens is 3. The molecule has 0 bridgehead atoms. The van der Waals surface area contributed by atoms with Gasteiger partial charge in [0.25, 0.3) is 6.43 Å². The smallest absolute Gasteiger partial charge is 0.265 e. The van der Waals surface area contributed by atoms with Crippen LogP contribution in [0.2, 0.25) is 5.15 Å². The largest absolute Gasteiger partial charge is 0.390 e. The van der Waals surface area contributed by atoms with E-state index in [1.165, 1.54) is 12.3 Å². The highest BCUT2D eigenvalue weighted by molar-refractivity contribution is 6.29. The van der Waals surface area contributed by atoms with Gasteiger partial charge in [-0.25, -0.2) is 13.8 Å². The highest BCUT2D eigenvalue weighted by Gasteiger charge is 2.29. The van der Waals surface area contributed by atoms with E-state index in [-0.39, 0.29) is 11.6 Å². The van der Waals surface area contributed by atoms with Gasteiger partial charge in [0.05, 0.1) is 11.3 Å². The highest BCUT2D eigenvalue weighted by atomic mass is 35.5. The van der Waals surface area contributed by atoms with Crippen LogP contribution >= 0.6 is 11.6 Å². The van der Waals surface area contributed by atoms with Crippen molar-refractivity contribution in [2.24, 2.45) is 0 Å². The summed E-state index contributed by atoms with van der Waals surface area (Å²) in [5.74, 6) is 0. The molecule has 2 aromatic heterocycles. The van der Waals surface area contributed by atoms with Crippen molar-refractivity contribution < 1.29 is 13.9 Å². The van der Waals surface area contributed by atoms with E-state index in [4.69, 9.17) is 11.6 Å². The average Bonchev–Trinajstić information content (AvgIpc) is 2.57. The zero-order valence-electron chi connectivity index (χ0n) is 13.8.